The Morgan fingerprint density at radius 1 is 1.44 bits per heavy atom. The fourth-order valence-corrected chi connectivity index (χ4v) is 2.33. The van der Waals surface area contributed by atoms with Crippen molar-refractivity contribution in [3.8, 4) is 0 Å². The second kappa shape index (κ2) is 4.47. The zero-order valence-corrected chi connectivity index (χ0v) is 11.8. The first kappa shape index (κ1) is 13.7. The van der Waals surface area contributed by atoms with Gasteiger partial charge in [-0.05, 0) is 31.1 Å². The molecule has 1 aliphatic heterocycles. The molecule has 1 rings (SSSR count). The van der Waals surface area contributed by atoms with Crippen molar-refractivity contribution in [2.75, 3.05) is 6.54 Å². The average molecular weight is 245 g/mol. The van der Waals surface area contributed by atoms with Crippen LogP contribution < -0.4 is 5.32 Å². The van der Waals surface area contributed by atoms with Gasteiger partial charge in [-0.1, -0.05) is 20.8 Å². The van der Waals surface area contributed by atoms with Crippen molar-refractivity contribution in [2.45, 2.75) is 57.5 Å². The van der Waals surface area contributed by atoms with Crippen LogP contribution >= 0.6 is 0 Å². The molecular weight excluding hydrogens is 222 g/mol. The summed E-state index contributed by atoms with van der Waals surface area (Å²) >= 11 is 0. The van der Waals surface area contributed by atoms with Gasteiger partial charge < -0.3 is 14.8 Å². The Morgan fingerprint density at radius 3 is 2.38 bits per heavy atom. The maximum atomic E-state index is 11.9. The lowest BCUT2D eigenvalue weighted by molar-refractivity contribution is -0.139. The molecule has 1 unspecified atom stereocenters. The van der Waals surface area contributed by atoms with Gasteiger partial charge in [-0.3, -0.25) is 4.79 Å². The molecule has 0 bridgehead atoms. The second-order valence-corrected chi connectivity index (χ2v) is 10.7. The molecule has 0 aromatic rings. The highest BCUT2D eigenvalue weighted by atomic mass is 28.4. The first-order valence-corrected chi connectivity index (χ1v) is 8.70. The van der Waals surface area contributed by atoms with Gasteiger partial charge in [0.05, 0.1) is 6.10 Å². The van der Waals surface area contributed by atoms with Crippen LogP contribution in [0, 0.1) is 0 Å². The van der Waals surface area contributed by atoms with Crippen molar-refractivity contribution in [2.24, 2.45) is 0 Å². The average Bonchev–Trinajstić information content (AvgIpc) is 2.48. The van der Waals surface area contributed by atoms with E-state index in [4.69, 9.17) is 4.43 Å². The van der Waals surface area contributed by atoms with Gasteiger partial charge in [0.15, 0.2) is 0 Å². The lowest BCUT2D eigenvalue weighted by Crippen LogP contribution is -2.49. The molecule has 2 N–H and O–H groups in total. The molecule has 0 amide bonds. The van der Waals surface area contributed by atoms with Gasteiger partial charge in [0.2, 0.25) is 0 Å². The Hall–Kier alpha value is -0.393. The van der Waals surface area contributed by atoms with Gasteiger partial charge in [-0.25, -0.2) is 0 Å². The summed E-state index contributed by atoms with van der Waals surface area (Å²) in [5.74, 6) is -0.295. The standard InChI is InChI=1S/C11H23NO3Si/c1-11(2,3)16(4,5)15-10(14)9-8(13)6-7-12-9/h8-9,12-13H,6-7H2,1-5H3/t8?,9-/m0/s1. The predicted octanol–water partition coefficient (Wildman–Crippen LogP) is 1.26. The van der Waals surface area contributed by atoms with Crippen LogP contribution in [-0.2, 0) is 9.22 Å². The number of rotatable bonds is 2. The summed E-state index contributed by atoms with van der Waals surface area (Å²) in [6.45, 7) is 11.0. The topological polar surface area (TPSA) is 58.6 Å². The molecular formula is C11H23NO3Si. The van der Waals surface area contributed by atoms with E-state index in [1.54, 1.807) is 0 Å². The molecule has 4 nitrogen and oxygen atoms in total. The first-order chi connectivity index (χ1) is 7.15. The Kier molecular flexibility index (Phi) is 3.82. The minimum Gasteiger partial charge on any atom is -0.518 e. The number of aliphatic hydroxyl groups is 1. The van der Waals surface area contributed by atoms with E-state index in [0.29, 0.717) is 13.0 Å². The van der Waals surface area contributed by atoms with E-state index < -0.39 is 20.5 Å². The molecule has 1 heterocycles. The third-order valence-corrected chi connectivity index (χ3v) is 7.93. The zero-order valence-electron chi connectivity index (χ0n) is 10.8. The normalized spacial score (nSPS) is 26.9. The molecule has 2 atom stereocenters. The van der Waals surface area contributed by atoms with Crippen LogP contribution in [0.5, 0.6) is 0 Å². The van der Waals surface area contributed by atoms with Crippen LogP contribution in [0.2, 0.25) is 18.1 Å². The van der Waals surface area contributed by atoms with Gasteiger partial charge >= 0.3 is 5.97 Å². The van der Waals surface area contributed by atoms with Crippen LogP contribution in [-0.4, -0.2) is 38.1 Å². The molecule has 0 spiro atoms. The smallest absolute Gasteiger partial charge is 0.312 e. The minimum absolute atomic E-state index is 0.00617. The SMILES string of the molecule is CC(C)(C)[Si](C)(C)OC(=O)[C@H]1NCCC1O. The lowest BCUT2D eigenvalue weighted by Gasteiger charge is -2.36. The van der Waals surface area contributed by atoms with E-state index in [0.717, 1.165) is 0 Å². The highest BCUT2D eigenvalue weighted by Crippen LogP contribution is 2.36. The fourth-order valence-electron chi connectivity index (χ4n) is 1.40. The van der Waals surface area contributed by atoms with E-state index in [9.17, 15) is 9.90 Å². The molecule has 16 heavy (non-hydrogen) atoms. The van der Waals surface area contributed by atoms with Crippen molar-refractivity contribution in [1.82, 2.24) is 5.32 Å². The molecule has 0 aromatic carbocycles. The molecule has 1 saturated heterocycles. The number of carbonyl (C=O) groups is 1. The summed E-state index contributed by atoms with van der Waals surface area (Å²) in [6, 6.07) is -0.533. The Balaban J connectivity index is 2.64. The number of nitrogens with one attached hydrogen (secondary N) is 1. The minimum atomic E-state index is -2.07. The van der Waals surface area contributed by atoms with Crippen molar-refractivity contribution >= 4 is 14.3 Å². The molecule has 0 saturated carbocycles. The molecule has 0 radical (unpaired) electrons. The second-order valence-electron chi connectivity index (χ2n) is 5.97. The summed E-state index contributed by atoms with van der Waals surface area (Å²) in [5.41, 5.74) is 0. The van der Waals surface area contributed by atoms with Crippen LogP contribution in [0.4, 0.5) is 0 Å². The maximum absolute atomic E-state index is 11.9. The summed E-state index contributed by atoms with van der Waals surface area (Å²) in [7, 11) is -2.07. The van der Waals surface area contributed by atoms with E-state index in [1.165, 1.54) is 0 Å². The lowest BCUT2D eigenvalue weighted by atomic mass is 10.2. The highest BCUT2D eigenvalue weighted by Gasteiger charge is 2.43. The zero-order chi connectivity index (χ0) is 12.6. The number of carbonyl (C=O) groups excluding carboxylic acids is 1. The summed E-state index contributed by atoms with van der Waals surface area (Å²) in [6.07, 6.45) is 0.0225. The number of hydrogen-bond donors (Lipinski definition) is 2. The predicted molar refractivity (Wildman–Crippen MR) is 65.7 cm³/mol. The number of hydrogen-bond acceptors (Lipinski definition) is 4. The summed E-state index contributed by atoms with van der Waals surface area (Å²) in [4.78, 5) is 11.9. The van der Waals surface area contributed by atoms with Gasteiger partial charge in [-0.15, -0.1) is 0 Å². The van der Waals surface area contributed by atoms with Crippen molar-refractivity contribution in [3.63, 3.8) is 0 Å². The maximum Gasteiger partial charge on any atom is 0.312 e. The summed E-state index contributed by atoms with van der Waals surface area (Å²) < 4.78 is 5.63. The van der Waals surface area contributed by atoms with Crippen LogP contribution in [0.1, 0.15) is 27.2 Å². The Bertz CT molecular complexity index is 273. The third kappa shape index (κ3) is 2.84. The molecule has 0 aliphatic carbocycles. The third-order valence-electron chi connectivity index (χ3n) is 3.60. The number of aliphatic hydroxyl groups excluding tert-OH is 1. The van der Waals surface area contributed by atoms with Crippen molar-refractivity contribution in [1.29, 1.82) is 0 Å². The van der Waals surface area contributed by atoms with Crippen LogP contribution in [0.3, 0.4) is 0 Å². The van der Waals surface area contributed by atoms with E-state index in [-0.39, 0.29) is 11.0 Å². The molecule has 1 aliphatic rings. The van der Waals surface area contributed by atoms with Crippen molar-refractivity contribution < 1.29 is 14.3 Å². The van der Waals surface area contributed by atoms with Crippen molar-refractivity contribution in [3.05, 3.63) is 0 Å². The van der Waals surface area contributed by atoms with Gasteiger partial charge in [-0.2, -0.15) is 0 Å². The molecule has 0 aromatic heterocycles. The molecule has 94 valence electrons. The Morgan fingerprint density at radius 2 is 2.00 bits per heavy atom. The quantitative estimate of drug-likeness (QED) is 0.719. The van der Waals surface area contributed by atoms with E-state index in [2.05, 4.69) is 26.1 Å². The Labute approximate surface area is 98.5 Å². The van der Waals surface area contributed by atoms with Gasteiger partial charge in [0.25, 0.3) is 8.32 Å². The van der Waals surface area contributed by atoms with Gasteiger partial charge in [0, 0.05) is 0 Å². The monoisotopic (exact) mass is 245 g/mol. The molecule has 1 fully saturated rings. The van der Waals surface area contributed by atoms with Crippen LogP contribution in [0.15, 0.2) is 0 Å². The van der Waals surface area contributed by atoms with Gasteiger partial charge in [0.1, 0.15) is 6.04 Å². The largest absolute Gasteiger partial charge is 0.518 e. The van der Waals surface area contributed by atoms with E-state index >= 15 is 0 Å². The fraction of sp³-hybridized carbons (Fsp3) is 0.909. The summed E-state index contributed by atoms with van der Waals surface area (Å²) in [5, 5.41) is 12.6. The first-order valence-electron chi connectivity index (χ1n) is 5.79. The van der Waals surface area contributed by atoms with Crippen LogP contribution in [0.25, 0.3) is 0 Å². The van der Waals surface area contributed by atoms with E-state index in [1.807, 2.05) is 13.1 Å². The molecule has 5 heteroatoms. The highest BCUT2D eigenvalue weighted by molar-refractivity contribution is 6.75.